The van der Waals surface area contributed by atoms with E-state index in [0.717, 1.165) is 0 Å². The molecule has 0 bridgehead atoms. The molecule has 0 radical (unpaired) electrons. The summed E-state index contributed by atoms with van der Waals surface area (Å²) in [6, 6.07) is 0. The number of hydrogen-bond donors (Lipinski definition) is 0. The van der Waals surface area contributed by atoms with Crippen LogP contribution in [0.15, 0.2) is 0 Å². The van der Waals surface area contributed by atoms with Crippen molar-refractivity contribution in [2.75, 3.05) is 13.2 Å². The van der Waals surface area contributed by atoms with Gasteiger partial charge in [0.05, 0.1) is 0 Å². The van der Waals surface area contributed by atoms with Gasteiger partial charge in [-0.15, -0.1) is 13.2 Å². The third-order valence-corrected chi connectivity index (χ3v) is 0.289. The molecule has 0 N–H and O–H groups in total. The standard InChI is InChI=1S/C3H6O2.Na/c4-2-1-3-5;/h1-3H2;/q-2;+1. The van der Waals surface area contributed by atoms with E-state index < -0.39 is 0 Å². The Hall–Kier alpha value is 0.920. The zero-order chi connectivity index (χ0) is 4.12. The van der Waals surface area contributed by atoms with Crippen molar-refractivity contribution >= 4 is 0 Å². The second kappa shape index (κ2) is 9.33. The first kappa shape index (κ1) is 10.0. The summed E-state index contributed by atoms with van der Waals surface area (Å²) < 4.78 is 0. The Balaban J connectivity index is 0. The molecular formula is C3H6NaO2-. The Bertz CT molecular complexity index is 16.3. The molecule has 0 atom stereocenters. The van der Waals surface area contributed by atoms with Crippen LogP contribution in [0.3, 0.4) is 0 Å². The fourth-order valence-corrected chi connectivity index (χ4v) is 0.0589. The smallest absolute Gasteiger partial charge is 0.854 e. The van der Waals surface area contributed by atoms with Gasteiger partial charge in [-0.05, 0) is 0 Å². The van der Waals surface area contributed by atoms with E-state index in [1.54, 1.807) is 0 Å². The van der Waals surface area contributed by atoms with Gasteiger partial charge in [0, 0.05) is 0 Å². The molecule has 0 aliphatic rings. The first-order valence-corrected chi connectivity index (χ1v) is 1.58. The average Bonchev–Trinajstić information content (AvgIpc) is 1.41. The van der Waals surface area contributed by atoms with Crippen molar-refractivity contribution in [3.8, 4) is 0 Å². The van der Waals surface area contributed by atoms with Crippen molar-refractivity contribution in [2.45, 2.75) is 6.42 Å². The summed E-state index contributed by atoms with van der Waals surface area (Å²) in [6.07, 6.45) is 0.278. The normalized spacial score (nSPS) is 7.00. The van der Waals surface area contributed by atoms with Gasteiger partial charge >= 0.3 is 29.6 Å². The second-order valence-electron chi connectivity index (χ2n) is 0.762. The largest absolute Gasteiger partial charge is 1.00 e. The molecule has 0 aromatic heterocycles. The third kappa shape index (κ3) is 8.87. The van der Waals surface area contributed by atoms with Crippen molar-refractivity contribution in [3.63, 3.8) is 0 Å². The maximum Gasteiger partial charge on any atom is 1.00 e. The maximum atomic E-state index is 9.33. The van der Waals surface area contributed by atoms with Crippen LogP contribution in [0, 0.1) is 0 Å². The van der Waals surface area contributed by atoms with Gasteiger partial charge in [0.1, 0.15) is 0 Å². The number of rotatable bonds is 2. The molecule has 0 unspecified atom stereocenters. The Labute approximate surface area is 59.5 Å². The molecule has 0 aliphatic carbocycles. The topological polar surface area (TPSA) is 46.1 Å². The molecule has 32 valence electrons. The summed E-state index contributed by atoms with van der Waals surface area (Å²) in [7, 11) is 0. The Morgan fingerprint density at radius 1 is 1.00 bits per heavy atom. The van der Waals surface area contributed by atoms with Gasteiger partial charge in [-0.3, -0.25) is 0 Å². The zero-order valence-corrected chi connectivity index (χ0v) is 5.94. The Kier molecular flexibility index (Phi) is 15.6. The molecule has 0 spiro atoms. The van der Waals surface area contributed by atoms with Crippen LogP contribution in [-0.4, -0.2) is 13.2 Å². The SMILES string of the molecule is [Na+].[O-]CCC[O-]. The third-order valence-electron chi connectivity index (χ3n) is 0.289. The van der Waals surface area contributed by atoms with Crippen LogP contribution in [0.4, 0.5) is 0 Å². The van der Waals surface area contributed by atoms with Gasteiger partial charge in [0.2, 0.25) is 0 Å². The van der Waals surface area contributed by atoms with Crippen molar-refractivity contribution in [3.05, 3.63) is 0 Å². The number of hydrogen-bond acceptors (Lipinski definition) is 2. The van der Waals surface area contributed by atoms with E-state index in [9.17, 15) is 10.2 Å². The Morgan fingerprint density at radius 3 is 1.33 bits per heavy atom. The molecule has 0 amide bonds. The van der Waals surface area contributed by atoms with Gasteiger partial charge in [0.25, 0.3) is 0 Å². The summed E-state index contributed by atoms with van der Waals surface area (Å²) in [4.78, 5) is 0. The fourth-order valence-electron chi connectivity index (χ4n) is 0.0589. The molecule has 0 rings (SSSR count). The van der Waals surface area contributed by atoms with E-state index in [0.29, 0.717) is 0 Å². The van der Waals surface area contributed by atoms with E-state index in [1.807, 2.05) is 0 Å². The van der Waals surface area contributed by atoms with Gasteiger partial charge in [0.15, 0.2) is 0 Å². The average molecular weight is 97.1 g/mol. The van der Waals surface area contributed by atoms with Gasteiger partial charge in [-0.1, -0.05) is 6.42 Å². The molecule has 0 fully saturated rings. The minimum Gasteiger partial charge on any atom is -0.854 e. The monoisotopic (exact) mass is 97.0 g/mol. The molecule has 0 aromatic carbocycles. The van der Waals surface area contributed by atoms with Gasteiger partial charge in [-0.25, -0.2) is 0 Å². The zero-order valence-electron chi connectivity index (χ0n) is 3.94. The summed E-state index contributed by atoms with van der Waals surface area (Å²) in [5.74, 6) is 0. The van der Waals surface area contributed by atoms with Crippen molar-refractivity contribution < 1.29 is 39.8 Å². The summed E-state index contributed by atoms with van der Waals surface area (Å²) >= 11 is 0. The predicted octanol–water partition coefficient (Wildman–Crippen LogP) is -4.90. The Morgan fingerprint density at radius 2 is 1.33 bits per heavy atom. The van der Waals surface area contributed by atoms with E-state index >= 15 is 0 Å². The van der Waals surface area contributed by atoms with Crippen molar-refractivity contribution in [1.82, 2.24) is 0 Å². The molecule has 0 aliphatic heterocycles. The van der Waals surface area contributed by atoms with E-state index in [2.05, 4.69) is 0 Å². The quantitative estimate of drug-likeness (QED) is 0.324. The van der Waals surface area contributed by atoms with Crippen LogP contribution in [-0.2, 0) is 0 Å². The predicted molar refractivity (Wildman–Crippen MR) is 14.4 cm³/mol. The van der Waals surface area contributed by atoms with Crippen LogP contribution < -0.4 is 39.8 Å². The molecule has 0 saturated heterocycles. The molecule has 0 aromatic rings. The van der Waals surface area contributed by atoms with Crippen molar-refractivity contribution in [1.29, 1.82) is 0 Å². The van der Waals surface area contributed by atoms with E-state index in [4.69, 9.17) is 0 Å². The maximum absolute atomic E-state index is 9.33. The first-order valence-electron chi connectivity index (χ1n) is 1.58. The molecular weight excluding hydrogens is 91.0 g/mol. The minimum atomic E-state index is -0.219. The van der Waals surface area contributed by atoms with Gasteiger partial charge in [-0.2, -0.15) is 0 Å². The van der Waals surface area contributed by atoms with Crippen LogP contribution in [0.2, 0.25) is 0 Å². The van der Waals surface area contributed by atoms with Crippen LogP contribution in [0.5, 0.6) is 0 Å². The van der Waals surface area contributed by atoms with Crippen LogP contribution in [0.1, 0.15) is 6.42 Å². The van der Waals surface area contributed by atoms with Crippen LogP contribution in [0.25, 0.3) is 0 Å². The second-order valence-corrected chi connectivity index (χ2v) is 0.762. The summed E-state index contributed by atoms with van der Waals surface area (Å²) in [5, 5.41) is 18.7. The van der Waals surface area contributed by atoms with E-state index in [-0.39, 0.29) is 49.2 Å². The molecule has 3 heteroatoms. The summed E-state index contributed by atoms with van der Waals surface area (Å²) in [6.45, 7) is -0.438. The first-order chi connectivity index (χ1) is 2.41. The molecule has 6 heavy (non-hydrogen) atoms. The van der Waals surface area contributed by atoms with Crippen molar-refractivity contribution in [2.24, 2.45) is 0 Å². The molecule has 0 saturated carbocycles. The molecule has 0 heterocycles. The van der Waals surface area contributed by atoms with Crippen LogP contribution >= 0.6 is 0 Å². The minimum absolute atomic E-state index is 0. The summed E-state index contributed by atoms with van der Waals surface area (Å²) in [5.41, 5.74) is 0. The molecule has 2 nitrogen and oxygen atoms in total. The van der Waals surface area contributed by atoms with E-state index in [1.165, 1.54) is 0 Å². The fraction of sp³-hybridized carbons (Fsp3) is 1.00. The van der Waals surface area contributed by atoms with Gasteiger partial charge < -0.3 is 10.2 Å².